The highest BCUT2D eigenvalue weighted by Crippen LogP contribution is 2.29. The molecule has 0 bridgehead atoms. The zero-order chi connectivity index (χ0) is 15.1. The largest absolute Gasteiger partial charge is 0.461 e. The van der Waals surface area contributed by atoms with Gasteiger partial charge in [-0.25, -0.2) is 4.79 Å². The molecule has 0 atom stereocenters. The fourth-order valence-corrected chi connectivity index (χ4v) is 2.69. The van der Waals surface area contributed by atoms with Crippen LogP contribution in [0.15, 0.2) is 30.3 Å². The van der Waals surface area contributed by atoms with E-state index in [1.807, 2.05) is 30.3 Å². The number of ether oxygens (including phenoxy) is 1. The first-order valence-corrected chi connectivity index (χ1v) is 7.39. The summed E-state index contributed by atoms with van der Waals surface area (Å²) in [5, 5.41) is 2.63. The van der Waals surface area contributed by atoms with Crippen LogP contribution in [0, 0.1) is 11.8 Å². The van der Waals surface area contributed by atoms with Crippen LogP contribution in [0.1, 0.15) is 31.2 Å². The van der Waals surface area contributed by atoms with Gasteiger partial charge in [0.2, 0.25) is 0 Å². The van der Waals surface area contributed by atoms with Gasteiger partial charge in [-0.1, -0.05) is 30.3 Å². The average molecular weight is 290 g/mol. The average Bonchev–Trinajstić information content (AvgIpc) is 2.52. The molecule has 1 aromatic carbocycles. The van der Waals surface area contributed by atoms with Gasteiger partial charge in [-0.2, -0.15) is 0 Å². The maximum absolute atomic E-state index is 12.0. The van der Waals surface area contributed by atoms with Gasteiger partial charge < -0.3 is 15.8 Å². The highest BCUT2D eigenvalue weighted by Gasteiger charge is 2.27. The summed E-state index contributed by atoms with van der Waals surface area (Å²) < 4.78 is 5.37. The molecule has 1 aliphatic carbocycles. The number of urea groups is 1. The van der Waals surface area contributed by atoms with E-state index in [9.17, 15) is 9.59 Å². The molecule has 0 spiro atoms. The zero-order valence-corrected chi connectivity index (χ0v) is 12.1. The number of carbonyl (C=O) groups is 2. The Morgan fingerprint density at radius 2 is 1.81 bits per heavy atom. The third-order valence-corrected chi connectivity index (χ3v) is 3.97. The molecule has 1 saturated carbocycles. The van der Waals surface area contributed by atoms with Crippen LogP contribution in [0.25, 0.3) is 0 Å². The third-order valence-electron chi connectivity index (χ3n) is 3.97. The van der Waals surface area contributed by atoms with E-state index < -0.39 is 6.03 Å². The Bertz CT molecular complexity index is 468. The number of nitrogens with one attached hydrogen (secondary N) is 1. The number of hydrogen-bond acceptors (Lipinski definition) is 3. The fraction of sp³-hybridized carbons (Fsp3) is 0.500. The molecule has 0 heterocycles. The Hall–Kier alpha value is -2.04. The zero-order valence-electron chi connectivity index (χ0n) is 12.1. The Kier molecular flexibility index (Phi) is 5.60. The number of esters is 1. The van der Waals surface area contributed by atoms with Gasteiger partial charge >= 0.3 is 12.0 Å². The summed E-state index contributed by atoms with van der Waals surface area (Å²) in [4.78, 5) is 22.7. The van der Waals surface area contributed by atoms with Gasteiger partial charge in [0.05, 0.1) is 5.92 Å². The second-order valence-corrected chi connectivity index (χ2v) is 5.56. The molecular formula is C16H22N2O3. The molecule has 1 aliphatic rings. The van der Waals surface area contributed by atoms with Crippen LogP contribution in [0.4, 0.5) is 4.79 Å². The summed E-state index contributed by atoms with van der Waals surface area (Å²) in [7, 11) is 0. The molecule has 114 valence electrons. The summed E-state index contributed by atoms with van der Waals surface area (Å²) in [6, 6.07) is 9.20. The number of amides is 2. The first kappa shape index (κ1) is 15.4. The van der Waals surface area contributed by atoms with Crippen molar-refractivity contribution in [3.05, 3.63) is 35.9 Å². The lowest BCUT2D eigenvalue weighted by molar-refractivity contribution is -0.151. The molecule has 5 nitrogen and oxygen atoms in total. The molecular weight excluding hydrogens is 268 g/mol. The molecule has 5 heteroatoms. The van der Waals surface area contributed by atoms with Gasteiger partial charge in [-0.3, -0.25) is 4.79 Å². The van der Waals surface area contributed by atoms with Gasteiger partial charge in [-0.15, -0.1) is 0 Å². The maximum Gasteiger partial charge on any atom is 0.312 e. The second-order valence-electron chi connectivity index (χ2n) is 5.56. The third kappa shape index (κ3) is 5.10. The van der Waals surface area contributed by atoms with E-state index >= 15 is 0 Å². The van der Waals surface area contributed by atoms with Crippen molar-refractivity contribution in [2.24, 2.45) is 17.6 Å². The van der Waals surface area contributed by atoms with Gasteiger partial charge in [0.25, 0.3) is 0 Å². The smallest absolute Gasteiger partial charge is 0.312 e. The van der Waals surface area contributed by atoms with E-state index in [4.69, 9.17) is 10.5 Å². The number of primary amides is 1. The highest BCUT2D eigenvalue weighted by atomic mass is 16.5. The number of rotatable bonds is 5. The minimum atomic E-state index is -0.487. The quantitative estimate of drug-likeness (QED) is 0.816. The summed E-state index contributed by atoms with van der Waals surface area (Å²) >= 11 is 0. The molecule has 0 unspecified atom stereocenters. The van der Waals surface area contributed by atoms with Crippen LogP contribution >= 0.6 is 0 Å². The predicted molar refractivity (Wildman–Crippen MR) is 79.3 cm³/mol. The van der Waals surface area contributed by atoms with E-state index in [0.717, 1.165) is 31.2 Å². The second kappa shape index (κ2) is 7.67. The van der Waals surface area contributed by atoms with Crippen molar-refractivity contribution in [1.29, 1.82) is 0 Å². The minimum Gasteiger partial charge on any atom is -0.461 e. The van der Waals surface area contributed by atoms with Gasteiger partial charge in [0.1, 0.15) is 6.61 Å². The maximum atomic E-state index is 12.0. The van der Waals surface area contributed by atoms with Crippen molar-refractivity contribution in [2.45, 2.75) is 32.3 Å². The molecule has 2 rings (SSSR count). The van der Waals surface area contributed by atoms with Crippen LogP contribution in [0.2, 0.25) is 0 Å². The Morgan fingerprint density at radius 3 is 2.43 bits per heavy atom. The van der Waals surface area contributed by atoms with Crippen molar-refractivity contribution >= 4 is 12.0 Å². The molecule has 1 aromatic rings. The van der Waals surface area contributed by atoms with Crippen molar-refractivity contribution < 1.29 is 14.3 Å². The van der Waals surface area contributed by atoms with Crippen LogP contribution in [-0.2, 0) is 16.1 Å². The van der Waals surface area contributed by atoms with E-state index in [-0.39, 0.29) is 11.9 Å². The number of benzene rings is 1. The van der Waals surface area contributed by atoms with Crippen molar-refractivity contribution in [3.8, 4) is 0 Å². The van der Waals surface area contributed by atoms with Crippen LogP contribution in [0.3, 0.4) is 0 Å². The first-order chi connectivity index (χ1) is 10.1. The van der Waals surface area contributed by atoms with Crippen molar-refractivity contribution in [2.75, 3.05) is 6.54 Å². The number of carbonyl (C=O) groups excluding carboxylic acids is 2. The Balaban J connectivity index is 1.69. The van der Waals surface area contributed by atoms with E-state index in [1.165, 1.54) is 0 Å². The minimum absolute atomic E-state index is 0.0152. The van der Waals surface area contributed by atoms with Gasteiger partial charge in [0, 0.05) is 6.54 Å². The summed E-state index contributed by atoms with van der Waals surface area (Å²) in [6.45, 7) is 0.934. The van der Waals surface area contributed by atoms with Crippen LogP contribution in [0.5, 0.6) is 0 Å². The first-order valence-electron chi connectivity index (χ1n) is 7.39. The fourth-order valence-electron chi connectivity index (χ4n) is 2.69. The lowest BCUT2D eigenvalue weighted by Crippen LogP contribution is -2.35. The lowest BCUT2D eigenvalue weighted by Gasteiger charge is -2.27. The van der Waals surface area contributed by atoms with Crippen LogP contribution in [-0.4, -0.2) is 18.5 Å². The number of hydrogen-bond donors (Lipinski definition) is 2. The van der Waals surface area contributed by atoms with Gasteiger partial charge in [-0.05, 0) is 37.2 Å². The Labute approximate surface area is 124 Å². The van der Waals surface area contributed by atoms with Gasteiger partial charge in [0.15, 0.2) is 0 Å². The normalized spacial score (nSPS) is 21.5. The molecule has 0 radical (unpaired) electrons. The molecule has 0 aromatic heterocycles. The predicted octanol–water partition coefficient (Wildman–Crippen LogP) is 2.20. The molecule has 1 fully saturated rings. The summed E-state index contributed by atoms with van der Waals surface area (Å²) in [5.74, 6) is 0.286. The van der Waals surface area contributed by atoms with Crippen molar-refractivity contribution in [3.63, 3.8) is 0 Å². The SMILES string of the molecule is NC(=O)NCC1CCC(C(=O)OCc2ccccc2)CC1. The topological polar surface area (TPSA) is 81.4 Å². The van der Waals surface area contributed by atoms with E-state index in [2.05, 4.69) is 5.32 Å². The lowest BCUT2D eigenvalue weighted by atomic mass is 9.82. The molecule has 0 saturated heterocycles. The summed E-state index contributed by atoms with van der Waals surface area (Å²) in [5.41, 5.74) is 6.06. The van der Waals surface area contributed by atoms with E-state index in [0.29, 0.717) is 19.1 Å². The van der Waals surface area contributed by atoms with Crippen molar-refractivity contribution in [1.82, 2.24) is 5.32 Å². The monoisotopic (exact) mass is 290 g/mol. The highest BCUT2D eigenvalue weighted by molar-refractivity contribution is 5.72. The molecule has 3 N–H and O–H groups in total. The summed E-state index contributed by atoms with van der Waals surface area (Å²) in [6.07, 6.45) is 3.48. The standard InChI is InChI=1S/C16H22N2O3/c17-16(20)18-10-12-6-8-14(9-7-12)15(19)21-11-13-4-2-1-3-5-13/h1-5,12,14H,6-11H2,(H3,17,18,20). The number of nitrogens with two attached hydrogens (primary N) is 1. The molecule has 21 heavy (non-hydrogen) atoms. The van der Waals surface area contributed by atoms with Crippen LogP contribution < -0.4 is 11.1 Å². The molecule has 0 aliphatic heterocycles. The van der Waals surface area contributed by atoms with E-state index in [1.54, 1.807) is 0 Å². The molecule has 2 amide bonds. The Morgan fingerprint density at radius 1 is 1.14 bits per heavy atom.